The van der Waals surface area contributed by atoms with Crippen molar-refractivity contribution in [1.29, 1.82) is 0 Å². The number of ketones is 1. The molecule has 5 rings (SSSR count). The summed E-state index contributed by atoms with van der Waals surface area (Å²) in [7, 11) is 0. The van der Waals surface area contributed by atoms with Gasteiger partial charge in [0.2, 0.25) is 5.79 Å². The van der Waals surface area contributed by atoms with Crippen molar-refractivity contribution >= 4 is 5.78 Å². The standard InChI is InChI=1S/C20H28O6/c1-9-11-5-4-10-8-18-12(21)6-7-17(2,3)13(18)16(24)20(25,26-18)19(10,14(9)22)15(11)23/h10-13,15-16,21,23-25H,1,4-8H2,2-3H3. The predicted octanol–water partition coefficient (Wildman–Crippen LogP) is 0.518. The SMILES string of the molecule is C=C1C(=O)C23C(CCC1C2O)CC12OC3(O)C(O)C1C(C)(C)CCC2O. The van der Waals surface area contributed by atoms with Gasteiger partial charge in [-0.25, -0.2) is 0 Å². The lowest BCUT2D eigenvalue weighted by molar-refractivity contribution is -0.368. The lowest BCUT2D eigenvalue weighted by Gasteiger charge is -2.58. The Kier molecular flexibility index (Phi) is 3.07. The van der Waals surface area contributed by atoms with Crippen LogP contribution in [0.3, 0.4) is 0 Å². The topological polar surface area (TPSA) is 107 Å². The number of hydrogen-bond donors (Lipinski definition) is 4. The van der Waals surface area contributed by atoms with Gasteiger partial charge >= 0.3 is 0 Å². The minimum atomic E-state index is -2.20. The van der Waals surface area contributed by atoms with E-state index in [1.165, 1.54) is 0 Å². The number of rotatable bonds is 0. The molecular weight excluding hydrogens is 336 g/mol. The van der Waals surface area contributed by atoms with Crippen molar-refractivity contribution in [3.63, 3.8) is 0 Å². The van der Waals surface area contributed by atoms with Gasteiger partial charge in [0.25, 0.3) is 0 Å². The van der Waals surface area contributed by atoms with E-state index in [1.807, 2.05) is 13.8 Å². The molecule has 5 fully saturated rings. The Bertz CT molecular complexity index is 717. The first-order valence-corrected chi connectivity index (χ1v) is 9.74. The van der Waals surface area contributed by atoms with E-state index < -0.39 is 47.0 Å². The molecule has 2 heterocycles. The second-order valence-electron chi connectivity index (χ2n) is 9.97. The highest BCUT2D eigenvalue weighted by molar-refractivity contribution is 6.05. The zero-order valence-corrected chi connectivity index (χ0v) is 15.3. The molecule has 0 aromatic carbocycles. The third-order valence-electron chi connectivity index (χ3n) is 8.65. The van der Waals surface area contributed by atoms with Crippen LogP contribution < -0.4 is 0 Å². The second kappa shape index (κ2) is 4.61. The maximum Gasteiger partial charge on any atom is 0.209 e. The van der Waals surface area contributed by atoms with Crippen molar-refractivity contribution in [2.45, 2.75) is 75.7 Å². The molecule has 2 aliphatic heterocycles. The maximum atomic E-state index is 13.3. The molecule has 144 valence electrons. The quantitative estimate of drug-likeness (QED) is 0.467. The fourth-order valence-electron chi connectivity index (χ4n) is 7.57. The number of aliphatic hydroxyl groups is 4. The zero-order chi connectivity index (χ0) is 18.9. The van der Waals surface area contributed by atoms with Gasteiger partial charge in [0, 0.05) is 11.8 Å². The van der Waals surface area contributed by atoms with E-state index >= 15 is 0 Å². The second-order valence-corrected chi connectivity index (χ2v) is 9.97. The van der Waals surface area contributed by atoms with Crippen LogP contribution in [-0.2, 0) is 9.53 Å². The molecule has 9 atom stereocenters. The highest BCUT2D eigenvalue weighted by atomic mass is 16.7. The van der Waals surface area contributed by atoms with Crippen LogP contribution in [0.15, 0.2) is 12.2 Å². The number of carbonyl (C=O) groups is 1. The van der Waals surface area contributed by atoms with Crippen LogP contribution in [0.25, 0.3) is 0 Å². The van der Waals surface area contributed by atoms with Crippen LogP contribution in [0.2, 0.25) is 0 Å². The highest BCUT2D eigenvalue weighted by Crippen LogP contribution is 2.73. The number of hydrogen-bond acceptors (Lipinski definition) is 6. The van der Waals surface area contributed by atoms with Gasteiger partial charge in [0.15, 0.2) is 5.78 Å². The summed E-state index contributed by atoms with van der Waals surface area (Å²) in [5.74, 6) is -3.82. The smallest absolute Gasteiger partial charge is 0.209 e. The summed E-state index contributed by atoms with van der Waals surface area (Å²) in [5, 5.41) is 44.9. The first-order chi connectivity index (χ1) is 12.0. The minimum absolute atomic E-state index is 0.329. The first kappa shape index (κ1) is 17.3. The van der Waals surface area contributed by atoms with Gasteiger partial charge in [-0.1, -0.05) is 20.4 Å². The molecule has 3 aliphatic carbocycles. The van der Waals surface area contributed by atoms with E-state index in [1.54, 1.807) is 0 Å². The predicted molar refractivity (Wildman–Crippen MR) is 90.7 cm³/mol. The molecule has 6 nitrogen and oxygen atoms in total. The molecule has 6 heteroatoms. The van der Waals surface area contributed by atoms with Crippen molar-refractivity contribution in [3.8, 4) is 0 Å². The van der Waals surface area contributed by atoms with Gasteiger partial charge in [-0.3, -0.25) is 4.79 Å². The van der Waals surface area contributed by atoms with Crippen molar-refractivity contribution < 1.29 is 30.0 Å². The van der Waals surface area contributed by atoms with Gasteiger partial charge in [0.05, 0.1) is 12.2 Å². The van der Waals surface area contributed by atoms with Crippen molar-refractivity contribution in [2.24, 2.45) is 28.6 Å². The molecule has 0 aromatic rings. The Morgan fingerprint density at radius 2 is 1.81 bits per heavy atom. The maximum absolute atomic E-state index is 13.3. The average molecular weight is 364 g/mol. The van der Waals surface area contributed by atoms with Crippen LogP contribution >= 0.6 is 0 Å². The molecule has 0 amide bonds. The zero-order valence-electron chi connectivity index (χ0n) is 15.3. The van der Waals surface area contributed by atoms with Crippen molar-refractivity contribution in [3.05, 3.63) is 12.2 Å². The number of ether oxygens (including phenoxy) is 1. The lowest BCUT2D eigenvalue weighted by atomic mass is 9.56. The number of aliphatic hydroxyl groups excluding tert-OH is 3. The van der Waals surface area contributed by atoms with Gasteiger partial charge in [-0.05, 0) is 49.0 Å². The Morgan fingerprint density at radius 1 is 1.12 bits per heavy atom. The molecule has 0 radical (unpaired) electrons. The van der Waals surface area contributed by atoms with E-state index in [9.17, 15) is 25.2 Å². The first-order valence-electron chi connectivity index (χ1n) is 9.74. The minimum Gasteiger partial charge on any atom is -0.391 e. The van der Waals surface area contributed by atoms with E-state index in [-0.39, 0.29) is 17.1 Å². The molecule has 26 heavy (non-hydrogen) atoms. The van der Waals surface area contributed by atoms with Crippen LogP contribution in [-0.4, -0.2) is 55.9 Å². The molecule has 5 aliphatic rings. The summed E-state index contributed by atoms with van der Waals surface area (Å²) in [6.45, 7) is 7.90. The number of fused-ring (bicyclic) bond motifs is 2. The van der Waals surface area contributed by atoms with Gasteiger partial charge in [0.1, 0.15) is 17.1 Å². The van der Waals surface area contributed by atoms with E-state index in [0.29, 0.717) is 37.7 Å². The monoisotopic (exact) mass is 364 g/mol. The van der Waals surface area contributed by atoms with Crippen LogP contribution in [0.5, 0.6) is 0 Å². The lowest BCUT2D eigenvalue weighted by Crippen LogP contribution is -2.70. The van der Waals surface area contributed by atoms with Crippen LogP contribution in [0.1, 0.15) is 46.0 Å². The average Bonchev–Trinajstić information content (AvgIpc) is 2.83. The summed E-state index contributed by atoms with van der Waals surface area (Å²) in [5.41, 5.74) is -2.70. The molecular formula is C20H28O6. The van der Waals surface area contributed by atoms with Gasteiger partial charge in [-0.15, -0.1) is 0 Å². The Morgan fingerprint density at radius 3 is 2.50 bits per heavy atom. The van der Waals surface area contributed by atoms with Crippen molar-refractivity contribution in [1.82, 2.24) is 0 Å². The molecule has 2 saturated heterocycles. The summed E-state index contributed by atoms with van der Waals surface area (Å²) < 4.78 is 6.15. The molecule has 4 N–H and O–H groups in total. The number of carbonyl (C=O) groups excluding carboxylic acids is 1. The Hall–Kier alpha value is -0.790. The van der Waals surface area contributed by atoms with Gasteiger partial charge in [-0.2, -0.15) is 0 Å². The van der Waals surface area contributed by atoms with Gasteiger partial charge < -0.3 is 25.2 Å². The van der Waals surface area contributed by atoms with Crippen molar-refractivity contribution in [2.75, 3.05) is 0 Å². The normalized spacial score (nSPS) is 59.9. The third-order valence-corrected chi connectivity index (χ3v) is 8.65. The van der Waals surface area contributed by atoms with E-state index in [2.05, 4.69) is 6.58 Å². The fourth-order valence-corrected chi connectivity index (χ4v) is 7.57. The van der Waals surface area contributed by atoms with E-state index in [4.69, 9.17) is 4.74 Å². The Labute approximate surface area is 152 Å². The molecule has 2 spiro atoms. The molecule has 9 unspecified atom stereocenters. The fraction of sp³-hybridized carbons (Fsp3) is 0.850. The summed E-state index contributed by atoms with van der Waals surface area (Å²) in [6.07, 6.45) is -0.407. The summed E-state index contributed by atoms with van der Waals surface area (Å²) in [6, 6.07) is 0. The molecule has 0 aromatic heterocycles. The molecule has 3 saturated carbocycles. The highest BCUT2D eigenvalue weighted by Gasteiger charge is 2.85. The van der Waals surface area contributed by atoms with Crippen LogP contribution in [0.4, 0.5) is 0 Å². The number of Topliss-reactive ketones (excluding diaryl/α,β-unsaturated/α-hetero) is 1. The largest absolute Gasteiger partial charge is 0.391 e. The van der Waals surface area contributed by atoms with Crippen LogP contribution in [0, 0.1) is 28.6 Å². The van der Waals surface area contributed by atoms with E-state index in [0.717, 1.165) is 0 Å². The summed E-state index contributed by atoms with van der Waals surface area (Å²) in [4.78, 5) is 13.3. The summed E-state index contributed by atoms with van der Waals surface area (Å²) >= 11 is 0. The molecule has 4 bridgehead atoms. The Balaban J connectivity index is 1.76. The third kappa shape index (κ3) is 1.47.